The number of rotatable bonds is 4. The van der Waals surface area contributed by atoms with Gasteiger partial charge in [-0.1, -0.05) is 19.3 Å². The molecule has 1 saturated carbocycles. The fourth-order valence-corrected chi connectivity index (χ4v) is 4.54. The predicted molar refractivity (Wildman–Crippen MR) is 76.4 cm³/mol. The molecule has 2 rings (SSSR count). The highest BCUT2D eigenvalue weighted by atomic mass is 32.2. The summed E-state index contributed by atoms with van der Waals surface area (Å²) in [6, 6.07) is 0. The van der Waals surface area contributed by atoms with E-state index in [1.165, 1.54) is 50.6 Å². The minimum absolute atomic E-state index is 0.265. The molecule has 1 aliphatic rings. The first kappa shape index (κ1) is 13.9. The van der Waals surface area contributed by atoms with Gasteiger partial charge in [0.1, 0.15) is 9.88 Å². The molecule has 0 amide bonds. The van der Waals surface area contributed by atoms with Crippen LogP contribution in [0.5, 0.6) is 0 Å². The summed E-state index contributed by atoms with van der Waals surface area (Å²) < 4.78 is 4.75. The van der Waals surface area contributed by atoms with E-state index in [1.54, 1.807) is 0 Å². The minimum Gasteiger partial charge on any atom is -0.465 e. The van der Waals surface area contributed by atoms with Crippen molar-refractivity contribution in [2.75, 3.05) is 7.11 Å². The normalized spacial score (nSPS) is 16.8. The molecule has 1 aromatic heterocycles. The fraction of sp³-hybridized carbons (Fsp3) is 0.692. The summed E-state index contributed by atoms with van der Waals surface area (Å²) in [7, 11) is 1.41. The van der Waals surface area contributed by atoms with E-state index in [2.05, 4.69) is 4.98 Å². The van der Waals surface area contributed by atoms with E-state index in [0.717, 1.165) is 21.7 Å². The average molecular weight is 285 g/mol. The van der Waals surface area contributed by atoms with E-state index >= 15 is 0 Å². The van der Waals surface area contributed by atoms with E-state index in [-0.39, 0.29) is 5.97 Å². The maximum Gasteiger partial charge on any atom is 0.349 e. The van der Waals surface area contributed by atoms with Gasteiger partial charge in [-0.25, -0.2) is 9.78 Å². The van der Waals surface area contributed by atoms with Crippen molar-refractivity contribution in [3.63, 3.8) is 0 Å². The molecule has 1 heterocycles. The lowest BCUT2D eigenvalue weighted by Crippen LogP contribution is -2.08. The number of aromatic nitrogens is 1. The maximum absolute atomic E-state index is 11.5. The van der Waals surface area contributed by atoms with Crippen molar-refractivity contribution >= 4 is 29.1 Å². The number of carbonyl (C=O) groups excluding carboxylic acids is 1. The zero-order chi connectivity index (χ0) is 13.0. The van der Waals surface area contributed by atoms with Gasteiger partial charge in [-0.15, -0.1) is 11.3 Å². The molecule has 1 aliphatic carbocycles. The lowest BCUT2D eigenvalue weighted by Gasteiger charge is -2.20. The van der Waals surface area contributed by atoms with Gasteiger partial charge < -0.3 is 4.74 Å². The Morgan fingerprint density at radius 3 is 2.83 bits per heavy atom. The van der Waals surface area contributed by atoms with Crippen molar-refractivity contribution in [2.24, 2.45) is 0 Å². The maximum atomic E-state index is 11.5. The van der Waals surface area contributed by atoms with Crippen LogP contribution in [0.25, 0.3) is 0 Å². The molecule has 0 N–H and O–H groups in total. The number of carbonyl (C=O) groups is 1. The minimum atomic E-state index is -0.265. The van der Waals surface area contributed by atoms with Gasteiger partial charge in [0.05, 0.1) is 12.8 Å². The second-order valence-electron chi connectivity index (χ2n) is 4.58. The highest BCUT2D eigenvalue weighted by molar-refractivity contribution is 7.99. The zero-order valence-electron chi connectivity index (χ0n) is 10.9. The molecule has 0 spiro atoms. The van der Waals surface area contributed by atoms with Crippen molar-refractivity contribution < 1.29 is 9.53 Å². The smallest absolute Gasteiger partial charge is 0.349 e. The summed E-state index contributed by atoms with van der Waals surface area (Å²) in [5.74, 6) is 0.659. The summed E-state index contributed by atoms with van der Waals surface area (Å²) in [4.78, 5) is 16.6. The standard InChI is InChI=1S/C13H19NO2S2/c1-9-12(13(15)16-2)18-11(14-9)8-17-10-6-4-3-5-7-10/h10H,3-8H2,1-2H3. The molecule has 0 aromatic carbocycles. The van der Waals surface area contributed by atoms with Gasteiger partial charge in [-0.05, 0) is 19.8 Å². The van der Waals surface area contributed by atoms with Gasteiger partial charge >= 0.3 is 5.97 Å². The summed E-state index contributed by atoms with van der Waals surface area (Å²) in [5.41, 5.74) is 0.797. The first-order valence-electron chi connectivity index (χ1n) is 6.37. The Hall–Kier alpha value is -0.550. The number of hydrogen-bond donors (Lipinski definition) is 0. The third-order valence-electron chi connectivity index (χ3n) is 3.21. The molecule has 0 unspecified atom stereocenters. The zero-order valence-corrected chi connectivity index (χ0v) is 12.5. The van der Waals surface area contributed by atoms with Crippen LogP contribution in [0.2, 0.25) is 0 Å². The van der Waals surface area contributed by atoms with Gasteiger partial charge in [-0.2, -0.15) is 11.8 Å². The van der Waals surface area contributed by atoms with Crippen LogP contribution in [0.4, 0.5) is 0 Å². The Morgan fingerprint density at radius 2 is 2.17 bits per heavy atom. The molecule has 0 atom stereocenters. The summed E-state index contributed by atoms with van der Waals surface area (Å²) in [5, 5.41) is 1.83. The average Bonchev–Trinajstić information content (AvgIpc) is 2.78. The van der Waals surface area contributed by atoms with Crippen LogP contribution in [0.1, 0.15) is 52.5 Å². The summed E-state index contributed by atoms with van der Waals surface area (Å²) in [6.45, 7) is 1.87. The number of methoxy groups -OCH3 is 1. The molecule has 1 aromatic rings. The van der Waals surface area contributed by atoms with E-state index in [9.17, 15) is 4.79 Å². The van der Waals surface area contributed by atoms with E-state index in [0.29, 0.717) is 4.88 Å². The van der Waals surface area contributed by atoms with Crippen LogP contribution in [0.3, 0.4) is 0 Å². The number of thioether (sulfide) groups is 1. The monoisotopic (exact) mass is 285 g/mol. The number of aryl methyl sites for hydroxylation is 1. The van der Waals surface area contributed by atoms with Crippen molar-refractivity contribution in [1.82, 2.24) is 4.98 Å². The van der Waals surface area contributed by atoms with Gasteiger partial charge in [0.25, 0.3) is 0 Å². The van der Waals surface area contributed by atoms with E-state index < -0.39 is 0 Å². The second-order valence-corrected chi connectivity index (χ2v) is 6.96. The Labute approximate surface area is 116 Å². The van der Waals surface area contributed by atoms with Crippen LogP contribution in [-0.4, -0.2) is 23.3 Å². The van der Waals surface area contributed by atoms with Crippen molar-refractivity contribution in [3.05, 3.63) is 15.6 Å². The Balaban J connectivity index is 1.91. The lowest BCUT2D eigenvalue weighted by molar-refractivity contribution is 0.0605. The molecule has 18 heavy (non-hydrogen) atoms. The first-order chi connectivity index (χ1) is 8.70. The van der Waals surface area contributed by atoms with Crippen molar-refractivity contribution in [3.8, 4) is 0 Å². The van der Waals surface area contributed by atoms with E-state index in [1.807, 2.05) is 18.7 Å². The van der Waals surface area contributed by atoms with Crippen molar-refractivity contribution in [2.45, 2.75) is 50.0 Å². The van der Waals surface area contributed by atoms with Crippen LogP contribution in [0.15, 0.2) is 0 Å². The molecular weight excluding hydrogens is 266 g/mol. The van der Waals surface area contributed by atoms with E-state index in [4.69, 9.17) is 4.74 Å². The highest BCUT2D eigenvalue weighted by Crippen LogP contribution is 2.32. The van der Waals surface area contributed by atoms with Gasteiger partial charge in [0, 0.05) is 11.0 Å². The molecule has 0 aliphatic heterocycles. The molecule has 5 heteroatoms. The molecule has 1 fully saturated rings. The first-order valence-corrected chi connectivity index (χ1v) is 8.23. The van der Waals surface area contributed by atoms with Gasteiger partial charge in [0.15, 0.2) is 0 Å². The SMILES string of the molecule is COC(=O)c1sc(CSC2CCCCC2)nc1C. The van der Waals surface area contributed by atoms with Gasteiger partial charge in [-0.3, -0.25) is 0 Å². The molecule has 0 radical (unpaired) electrons. The Morgan fingerprint density at radius 1 is 1.44 bits per heavy atom. The number of esters is 1. The third kappa shape index (κ3) is 3.48. The van der Waals surface area contributed by atoms with Crippen LogP contribution in [-0.2, 0) is 10.5 Å². The van der Waals surface area contributed by atoms with Crippen LogP contribution >= 0.6 is 23.1 Å². The molecular formula is C13H19NO2S2. The summed E-state index contributed by atoms with van der Waals surface area (Å²) >= 11 is 3.46. The number of hydrogen-bond acceptors (Lipinski definition) is 5. The largest absolute Gasteiger partial charge is 0.465 e. The fourth-order valence-electron chi connectivity index (χ4n) is 2.22. The number of thiazole rings is 1. The molecule has 0 bridgehead atoms. The number of nitrogens with zero attached hydrogens (tertiary/aromatic N) is 1. The number of ether oxygens (including phenoxy) is 1. The summed E-state index contributed by atoms with van der Waals surface area (Å²) in [6.07, 6.45) is 6.78. The molecule has 0 saturated heterocycles. The van der Waals surface area contributed by atoms with Crippen molar-refractivity contribution in [1.29, 1.82) is 0 Å². The Kier molecular flexibility index (Phi) is 5.06. The molecule has 3 nitrogen and oxygen atoms in total. The lowest BCUT2D eigenvalue weighted by atomic mass is 10.0. The Bertz CT molecular complexity index is 411. The third-order valence-corrected chi connectivity index (χ3v) is 5.91. The predicted octanol–water partition coefficient (Wildman–Crippen LogP) is 3.80. The van der Waals surface area contributed by atoms with Crippen LogP contribution < -0.4 is 0 Å². The van der Waals surface area contributed by atoms with Gasteiger partial charge in [0.2, 0.25) is 0 Å². The highest BCUT2D eigenvalue weighted by Gasteiger charge is 2.18. The second kappa shape index (κ2) is 6.57. The van der Waals surface area contributed by atoms with Crippen LogP contribution in [0, 0.1) is 6.92 Å². The topological polar surface area (TPSA) is 39.2 Å². The molecule has 100 valence electrons. The quantitative estimate of drug-likeness (QED) is 0.789.